The quantitative estimate of drug-likeness (QED) is 0.398. The molecule has 8 heteroatoms. The fraction of sp³-hybridized carbons (Fsp3) is 0.556. The van der Waals surface area contributed by atoms with Crippen LogP contribution in [0.1, 0.15) is 12.5 Å². The molecule has 0 saturated carbocycles. The Balaban J connectivity index is 0.00000338. The lowest BCUT2D eigenvalue weighted by Crippen LogP contribution is -2.53. The van der Waals surface area contributed by atoms with E-state index in [0.29, 0.717) is 0 Å². The number of hydrogen-bond acceptors (Lipinski definition) is 3. The summed E-state index contributed by atoms with van der Waals surface area (Å²) in [5.74, 6) is 0.809. The summed E-state index contributed by atoms with van der Waals surface area (Å²) in [4.78, 5) is 22.4. The molecule has 0 radical (unpaired) electrons. The highest BCUT2D eigenvalue weighted by atomic mass is 127. The van der Waals surface area contributed by atoms with Gasteiger partial charge in [-0.3, -0.25) is 4.79 Å². The number of rotatable bonds is 4. The first-order valence-electron chi connectivity index (χ1n) is 8.67. The summed E-state index contributed by atoms with van der Waals surface area (Å²) in [7, 11) is 3.49. The van der Waals surface area contributed by atoms with Gasteiger partial charge in [-0.15, -0.1) is 24.0 Å². The average Bonchev–Trinajstić information content (AvgIpc) is 2.60. The lowest BCUT2D eigenvalue weighted by molar-refractivity contribution is -0.127. The van der Waals surface area contributed by atoms with Gasteiger partial charge in [0.25, 0.3) is 0 Å². The van der Waals surface area contributed by atoms with Gasteiger partial charge >= 0.3 is 0 Å². The second-order valence-electron chi connectivity index (χ2n) is 6.36. The minimum Gasteiger partial charge on any atom is -0.368 e. The Hall–Kier alpha value is -1.22. The van der Waals surface area contributed by atoms with Crippen LogP contribution in [0.15, 0.2) is 23.2 Å². The van der Waals surface area contributed by atoms with Gasteiger partial charge in [0.2, 0.25) is 5.91 Å². The van der Waals surface area contributed by atoms with Crippen LogP contribution in [0.25, 0.3) is 0 Å². The molecule has 0 aliphatic carbocycles. The summed E-state index contributed by atoms with van der Waals surface area (Å²) in [6.45, 7) is 8.60. The number of carbonyl (C=O) groups excluding carboxylic acids is 1. The number of guanidine groups is 1. The van der Waals surface area contributed by atoms with Gasteiger partial charge in [-0.25, -0.2) is 4.99 Å². The van der Waals surface area contributed by atoms with Crippen LogP contribution in [0.5, 0.6) is 0 Å². The van der Waals surface area contributed by atoms with E-state index in [9.17, 15) is 4.79 Å². The SMILES string of the molecule is CCNC(=NCC(=O)N(C)C)N1CCN(c2cc(Cl)ccc2C)CC1.I. The molecular weight excluding hydrogens is 465 g/mol. The Labute approximate surface area is 178 Å². The summed E-state index contributed by atoms with van der Waals surface area (Å²) in [5, 5.41) is 4.05. The average molecular weight is 494 g/mol. The van der Waals surface area contributed by atoms with Gasteiger partial charge in [0.15, 0.2) is 5.96 Å². The molecule has 26 heavy (non-hydrogen) atoms. The van der Waals surface area contributed by atoms with Gasteiger partial charge < -0.3 is 20.0 Å². The van der Waals surface area contributed by atoms with E-state index >= 15 is 0 Å². The summed E-state index contributed by atoms with van der Waals surface area (Å²) in [6.07, 6.45) is 0. The number of nitrogens with one attached hydrogen (secondary N) is 1. The Kier molecular flexibility index (Phi) is 9.49. The molecule has 0 bridgehead atoms. The maximum absolute atomic E-state index is 11.8. The molecule has 1 fully saturated rings. The number of aryl methyl sites for hydroxylation is 1. The number of likely N-dealkylation sites (N-methyl/N-ethyl adjacent to an activating group) is 1. The van der Waals surface area contributed by atoms with E-state index in [4.69, 9.17) is 11.6 Å². The molecule has 1 aromatic carbocycles. The van der Waals surface area contributed by atoms with E-state index in [1.165, 1.54) is 11.3 Å². The molecule has 0 unspecified atom stereocenters. The molecule has 1 heterocycles. The molecule has 0 atom stereocenters. The smallest absolute Gasteiger partial charge is 0.243 e. The zero-order chi connectivity index (χ0) is 18.4. The van der Waals surface area contributed by atoms with Crippen molar-refractivity contribution in [2.24, 2.45) is 4.99 Å². The van der Waals surface area contributed by atoms with Crippen LogP contribution in [0.2, 0.25) is 5.02 Å². The maximum atomic E-state index is 11.8. The molecule has 146 valence electrons. The minimum absolute atomic E-state index is 0. The third kappa shape index (κ3) is 6.19. The highest BCUT2D eigenvalue weighted by molar-refractivity contribution is 14.0. The fourth-order valence-electron chi connectivity index (χ4n) is 2.79. The second kappa shape index (κ2) is 10.8. The largest absolute Gasteiger partial charge is 0.368 e. The van der Waals surface area contributed by atoms with Crippen molar-refractivity contribution in [2.45, 2.75) is 13.8 Å². The molecule has 1 saturated heterocycles. The van der Waals surface area contributed by atoms with E-state index in [1.54, 1.807) is 19.0 Å². The van der Waals surface area contributed by atoms with E-state index in [-0.39, 0.29) is 36.4 Å². The van der Waals surface area contributed by atoms with Gasteiger partial charge in [0.05, 0.1) is 0 Å². The number of anilines is 1. The van der Waals surface area contributed by atoms with E-state index in [1.807, 2.05) is 19.1 Å². The molecule has 1 amide bonds. The van der Waals surface area contributed by atoms with Crippen LogP contribution in [0, 0.1) is 6.92 Å². The Morgan fingerprint density at radius 1 is 1.27 bits per heavy atom. The zero-order valence-electron chi connectivity index (χ0n) is 16.0. The molecule has 0 spiro atoms. The monoisotopic (exact) mass is 493 g/mol. The maximum Gasteiger partial charge on any atom is 0.243 e. The minimum atomic E-state index is 0. The number of carbonyl (C=O) groups is 1. The van der Waals surface area contributed by atoms with Crippen molar-refractivity contribution in [3.63, 3.8) is 0 Å². The molecule has 1 aromatic rings. The van der Waals surface area contributed by atoms with Gasteiger partial charge in [0.1, 0.15) is 6.54 Å². The van der Waals surface area contributed by atoms with Crippen molar-refractivity contribution in [1.82, 2.24) is 15.1 Å². The first kappa shape index (κ1) is 22.8. The van der Waals surface area contributed by atoms with Crippen LogP contribution in [-0.4, -0.2) is 75.0 Å². The molecule has 1 N–H and O–H groups in total. The van der Waals surface area contributed by atoms with Gasteiger partial charge in [-0.2, -0.15) is 0 Å². The molecular formula is C18H29ClIN5O. The van der Waals surface area contributed by atoms with Crippen molar-refractivity contribution in [2.75, 3.05) is 58.3 Å². The number of amides is 1. The fourth-order valence-corrected chi connectivity index (χ4v) is 2.96. The standard InChI is InChI=1S/C18H28ClN5O.HI/c1-5-20-18(21-13-17(25)22(3)4)24-10-8-23(9-11-24)16-12-15(19)7-6-14(16)2;/h6-7,12H,5,8-11,13H2,1-4H3,(H,20,21);1H. The van der Waals surface area contributed by atoms with Crippen LogP contribution in [0.4, 0.5) is 5.69 Å². The number of halogens is 2. The summed E-state index contributed by atoms with van der Waals surface area (Å²) < 4.78 is 0. The Morgan fingerprint density at radius 3 is 2.50 bits per heavy atom. The first-order chi connectivity index (χ1) is 11.9. The highest BCUT2D eigenvalue weighted by Crippen LogP contribution is 2.25. The van der Waals surface area contributed by atoms with Crippen LogP contribution < -0.4 is 10.2 Å². The molecule has 2 rings (SSSR count). The predicted octanol–water partition coefficient (Wildman–Crippen LogP) is 2.44. The summed E-state index contributed by atoms with van der Waals surface area (Å²) in [5.41, 5.74) is 2.42. The second-order valence-corrected chi connectivity index (χ2v) is 6.80. The molecule has 0 aromatic heterocycles. The molecule has 1 aliphatic rings. The van der Waals surface area contributed by atoms with Crippen LogP contribution >= 0.6 is 35.6 Å². The van der Waals surface area contributed by atoms with Crippen molar-refractivity contribution >= 4 is 53.1 Å². The molecule has 1 aliphatic heterocycles. The zero-order valence-corrected chi connectivity index (χ0v) is 19.0. The van der Waals surface area contributed by atoms with Gasteiger partial charge in [0, 0.05) is 57.5 Å². The van der Waals surface area contributed by atoms with Crippen molar-refractivity contribution < 1.29 is 4.79 Å². The normalized spacial score (nSPS) is 14.7. The van der Waals surface area contributed by atoms with Gasteiger partial charge in [-0.05, 0) is 31.5 Å². The number of benzene rings is 1. The highest BCUT2D eigenvalue weighted by Gasteiger charge is 2.21. The third-order valence-electron chi connectivity index (χ3n) is 4.29. The summed E-state index contributed by atoms with van der Waals surface area (Å²) in [6, 6.07) is 6.01. The van der Waals surface area contributed by atoms with Crippen LogP contribution in [-0.2, 0) is 4.79 Å². The lowest BCUT2D eigenvalue weighted by atomic mass is 10.1. The van der Waals surface area contributed by atoms with E-state index < -0.39 is 0 Å². The number of aliphatic imine (C=N–C) groups is 1. The topological polar surface area (TPSA) is 51.2 Å². The Bertz CT molecular complexity index is 630. The predicted molar refractivity (Wildman–Crippen MR) is 120 cm³/mol. The lowest BCUT2D eigenvalue weighted by Gasteiger charge is -2.38. The summed E-state index contributed by atoms with van der Waals surface area (Å²) >= 11 is 6.15. The van der Waals surface area contributed by atoms with E-state index in [0.717, 1.165) is 43.7 Å². The van der Waals surface area contributed by atoms with Gasteiger partial charge in [-0.1, -0.05) is 17.7 Å². The number of nitrogens with zero attached hydrogens (tertiary/aromatic N) is 4. The number of piperazine rings is 1. The van der Waals surface area contributed by atoms with Crippen molar-refractivity contribution in [3.05, 3.63) is 28.8 Å². The van der Waals surface area contributed by atoms with Crippen LogP contribution in [0.3, 0.4) is 0 Å². The number of hydrogen-bond donors (Lipinski definition) is 1. The molecule has 6 nitrogen and oxygen atoms in total. The van der Waals surface area contributed by atoms with Crippen molar-refractivity contribution in [3.8, 4) is 0 Å². The van der Waals surface area contributed by atoms with E-state index in [2.05, 4.69) is 33.1 Å². The first-order valence-corrected chi connectivity index (χ1v) is 9.04. The Morgan fingerprint density at radius 2 is 1.92 bits per heavy atom. The van der Waals surface area contributed by atoms with Crippen molar-refractivity contribution in [1.29, 1.82) is 0 Å². The third-order valence-corrected chi connectivity index (χ3v) is 4.52.